The zero-order valence-corrected chi connectivity index (χ0v) is 16.3. The van der Waals surface area contributed by atoms with Crippen molar-refractivity contribution in [2.45, 2.75) is 18.4 Å². The first-order valence-corrected chi connectivity index (χ1v) is 9.42. The molecule has 2 unspecified atom stereocenters. The maximum absolute atomic E-state index is 12.8. The van der Waals surface area contributed by atoms with Crippen LogP contribution in [-0.2, 0) is 0 Å². The van der Waals surface area contributed by atoms with Gasteiger partial charge in [-0.1, -0.05) is 12.1 Å². The number of nitrogens with zero attached hydrogens (tertiary/aromatic N) is 1. The molecule has 0 amide bonds. The molecule has 0 radical (unpaired) electrons. The lowest BCUT2D eigenvalue weighted by Crippen LogP contribution is -2.32. The Morgan fingerprint density at radius 1 is 1.21 bits per heavy atom. The Hall–Kier alpha value is -3.03. The third kappa shape index (κ3) is 3.22. The number of aromatic hydroxyl groups is 2. The number of ether oxygens (including phenoxy) is 1. The van der Waals surface area contributed by atoms with E-state index in [1.165, 1.54) is 12.1 Å². The van der Waals surface area contributed by atoms with E-state index in [2.05, 4.69) is 0 Å². The lowest BCUT2D eigenvalue weighted by atomic mass is 9.89. The van der Waals surface area contributed by atoms with Crippen LogP contribution in [0.15, 0.2) is 45.6 Å². The molecular formula is C22H23NO6. The fraction of sp³-hybridized carbons (Fsp3) is 0.318. The van der Waals surface area contributed by atoms with E-state index in [9.17, 15) is 20.1 Å². The van der Waals surface area contributed by atoms with Crippen LogP contribution >= 0.6 is 0 Å². The van der Waals surface area contributed by atoms with Crippen molar-refractivity contribution in [3.05, 3.63) is 52.2 Å². The van der Waals surface area contributed by atoms with Crippen LogP contribution in [0.4, 0.5) is 0 Å². The summed E-state index contributed by atoms with van der Waals surface area (Å²) in [6.07, 6.45) is 0.683. The van der Waals surface area contributed by atoms with Gasteiger partial charge in [0.2, 0.25) is 0 Å². The van der Waals surface area contributed by atoms with Crippen LogP contribution in [0, 0.1) is 0 Å². The number of rotatable bonds is 4. The van der Waals surface area contributed by atoms with E-state index in [0.29, 0.717) is 29.1 Å². The fourth-order valence-electron chi connectivity index (χ4n) is 4.21. The molecule has 3 N–H and O–H groups in total. The molecule has 7 heteroatoms. The molecule has 0 spiro atoms. The summed E-state index contributed by atoms with van der Waals surface area (Å²) in [6, 6.07) is 9.37. The molecule has 0 bridgehead atoms. The van der Waals surface area contributed by atoms with Crippen LogP contribution in [-0.4, -0.2) is 53.6 Å². The summed E-state index contributed by atoms with van der Waals surface area (Å²) in [6.45, 7) is 0.639. The van der Waals surface area contributed by atoms with E-state index in [-0.39, 0.29) is 41.0 Å². The highest BCUT2D eigenvalue weighted by Crippen LogP contribution is 2.44. The molecule has 2 atom stereocenters. The van der Waals surface area contributed by atoms with E-state index in [1.54, 1.807) is 31.4 Å². The molecule has 1 fully saturated rings. The second kappa shape index (κ2) is 7.42. The molecule has 4 rings (SSSR count). The predicted molar refractivity (Wildman–Crippen MR) is 109 cm³/mol. The summed E-state index contributed by atoms with van der Waals surface area (Å²) in [7, 11) is 3.45. The maximum atomic E-state index is 12.8. The van der Waals surface area contributed by atoms with Crippen LogP contribution in [0.2, 0.25) is 0 Å². The molecule has 3 aromatic rings. The number of methoxy groups -OCH3 is 1. The van der Waals surface area contributed by atoms with Gasteiger partial charge in [-0.05, 0) is 32.1 Å². The van der Waals surface area contributed by atoms with E-state index in [1.807, 2.05) is 11.9 Å². The normalized spacial score (nSPS) is 19.7. The molecule has 1 aliphatic rings. The highest BCUT2D eigenvalue weighted by atomic mass is 16.5. The number of aliphatic hydroxyl groups excluding tert-OH is 1. The molecular weight excluding hydrogens is 374 g/mol. The number of fused-ring (bicyclic) bond motifs is 1. The van der Waals surface area contributed by atoms with E-state index < -0.39 is 5.43 Å². The molecule has 2 aromatic carbocycles. The zero-order valence-electron chi connectivity index (χ0n) is 16.3. The van der Waals surface area contributed by atoms with Crippen LogP contribution in [0.5, 0.6) is 17.2 Å². The number of likely N-dealkylation sites (N-methyl/N-ethyl adjacent to an activating group) is 1. The van der Waals surface area contributed by atoms with Gasteiger partial charge in [0.05, 0.1) is 13.7 Å². The van der Waals surface area contributed by atoms with Gasteiger partial charge in [-0.25, -0.2) is 0 Å². The van der Waals surface area contributed by atoms with Crippen LogP contribution in [0.1, 0.15) is 17.9 Å². The monoisotopic (exact) mass is 397 g/mol. The van der Waals surface area contributed by atoms with Crippen molar-refractivity contribution < 1.29 is 24.5 Å². The summed E-state index contributed by atoms with van der Waals surface area (Å²) >= 11 is 0. The Bertz CT molecular complexity index is 1120. The second-order valence-electron chi connectivity index (χ2n) is 7.37. The largest absolute Gasteiger partial charge is 0.507 e. The zero-order chi connectivity index (χ0) is 20.7. The highest BCUT2D eigenvalue weighted by Gasteiger charge is 2.36. The molecule has 1 saturated heterocycles. The fourth-order valence-corrected chi connectivity index (χ4v) is 4.21. The number of phenols is 2. The van der Waals surface area contributed by atoms with Gasteiger partial charge in [0.15, 0.2) is 5.43 Å². The predicted octanol–water partition coefficient (Wildman–Crippen LogP) is 2.66. The first-order chi connectivity index (χ1) is 13.9. The average molecular weight is 397 g/mol. The van der Waals surface area contributed by atoms with E-state index in [4.69, 9.17) is 9.15 Å². The van der Waals surface area contributed by atoms with Gasteiger partial charge in [-0.3, -0.25) is 4.79 Å². The van der Waals surface area contributed by atoms with Crippen LogP contribution in [0.25, 0.3) is 22.3 Å². The minimum absolute atomic E-state index is 0.0238. The van der Waals surface area contributed by atoms with Crippen LogP contribution < -0.4 is 10.2 Å². The summed E-state index contributed by atoms with van der Waals surface area (Å²) in [5.41, 5.74) is 0.809. The van der Waals surface area contributed by atoms with Crippen LogP contribution in [0.3, 0.4) is 0 Å². The van der Waals surface area contributed by atoms with Gasteiger partial charge >= 0.3 is 0 Å². The lowest BCUT2D eigenvalue weighted by Gasteiger charge is -2.24. The highest BCUT2D eigenvalue weighted by molar-refractivity contribution is 5.89. The van der Waals surface area contributed by atoms with Crippen molar-refractivity contribution >= 4 is 11.0 Å². The SMILES string of the molecule is COc1cccc(-c2cc(=O)c3c(O)cc(O)c(C4CCN(C)C4CO)c3o2)c1. The molecule has 29 heavy (non-hydrogen) atoms. The maximum Gasteiger partial charge on any atom is 0.197 e. The minimum Gasteiger partial charge on any atom is -0.507 e. The first kappa shape index (κ1) is 19.3. The third-order valence-electron chi connectivity index (χ3n) is 5.73. The van der Waals surface area contributed by atoms with E-state index in [0.717, 1.165) is 6.54 Å². The summed E-state index contributed by atoms with van der Waals surface area (Å²) in [5.74, 6) is 0.192. The summed E-state index contributed by atoms with van der Waals surface area (Å²) < 4.78 is 11.3. The summed E-state index contributed by atoms with van der Waals surface area (Å²) in [5, 5.41) is 30.8. The Morgan fingerprint density at radius 2 is 2.00 bits per heavy atom. The molecule has 7 nitrogen and oxygen atoms in total. The Morgan fingerprint density at radius 3 is 2.72 bits per heavy atom. The van der Waals surface area contributed by atoms with Crippen molar-refractivity contribution in [2.75, 3.05) is 27.3 Å². The Balaban J connectivity index is 1.99. The van der Waals surface area contributed by atoms with Gasteiger partial charge in [0.1, 0.15) is 34.0 Å². The Labute approximate surface area is 167 Å². The van der Waals surface area contributed by atoms with Gasteiger partial charge in [-0.2, -0.15) is 0 Å². The Kier molecular flexibility index (Phi) is 4.94. The summed E-state index contributed by atoms with van der Waals surface area (Å²) in [4.78, 5) is 14.9. The van der Waals surface area contributed by atoms with Gasteiger partial charge < -0.3 is 29.4 Å². The number of likely N-dealkylation sites (tertiary alicyclic amines) is 1. The lowest BCUT2D eigenvalue weighted by molar-refractivity contribution is 0.172. The van der Waals surface area contributed by atoms with Gasteiger partial charge in [-0.15, -0.1) is 0 Å². The molecule has 1 aliphatic heterocycles. The van der Waals surface area contributed by atoms with Crippen molar-refractivity contribution in [3.63, 3.8) is 0 Å². The third-order valence-corrected chi connectivity index (χ3v) is 5.73. The first-order valence-electron chi connectivity index (χ1n) is 9.42. The van der Waals surface area contributed by atoms with Gasteiger partial charge in [0.25, 0.3) is 0 Å². The second-order valence-corrected chi connectivity index (χ2v) is 7.37. The smallest absolute Gasteiger partial charge is 0.197 e. The molecule has 2 heterocycles. The van der Waals surface area contributed by atoms with E-state index >= 15 is 0 Å². The van der Waals surface area contributed by atoms with Crippen molar-refractivity contribution in [1.29, 1.82) is 0 Å². The van der Waals surface area contributed by atoms with Crippen molar-refractivity contribution in [2.24, 2.45) is 0 Å². The van der Waals surface area contributed by atoms with Crippen molar-refractivity contribution in [3.8, 4) is 28.6 Å². The topological polar surface area (TPSA) is 103 Å². The average Bonchev–Trinajstić information content (AvgIpc) is 3.07. The number of aliphatic hydroxyl groups is 1. The molecule has 152 valence electrons. The molecule has 1 aromatic heterocycles. The standard InChI is InChI=1S/C22H23NO6/c1-23-7-6-14(15(23)11-24)20-16(25)9-17(26)21-18(27)10-19(29-22(20)21)12-4-3-5-13(8-12)28-2/h3-5,8-10,14-15,24-26H,6-7,11H2,1-2H3. The quantitative estimate of drug-likeness (QED) is 0.622. The number of benzene rings is 2. The molecule has 0 saturated carbocycles. The van der Waals surface area contributed by atoms with Crippen molar-refractivity contribution in [1.82, 2.24) is 4.90 Å². The number of phenolic OH excluding ortho intramolecular Hbond substituents is 2. The molecule has 0 aliphatic carbocycles. The number of hydrogen-bond donors (Lipinski definition) is 3. The minimum atomic E-state index is -0.408. The number of hydrogen-bond acceptors (Lipinski definition) is 7. The van der Waals surface area contributed by atoms with Gasteiger partial charge in [0, 0.05) is 35.2 Å².